The van der Waals surface area contributed by atoms with E-state index in [1.54, 1.807) is 12.4 Å². The van der Waals surface area contributed by atoms with Crippen molar-refractivity contribution in [1.82, 2.24) is 19.9 Å². The van der Waals surface area contributed by atoms with Crippen LogP contribution in [0.5, 0.6) is 0 Å². The summed E-state index contributed by atoms with van der Waals surface area (Å²) in [7, 11) is 0. The third-order valence-corrected chi connectivity index (χ3v) is 3.74. The zero-order valence-corrected chi connectivity index (χ0v) is 11.5. The normalized spacial score (nSPS) is 17.3. The molecular weight excluding hydrogens is 270 g/mol. The minimum atomic E-state index is -0.563. The van der Waals surface area contributed by atoms with Crippen LogP contribution in [0.3, 0.4) is 0 Å². The lowest BCUT2D eigenvalue weighted by Crippen LogP contribution is -2.34. The molecule has 0 saturated carbocycles. The number of allylic oxidation sites excluding steroid dienone is 1. The second-order valence-corrected chi connectivity index (χ2v) is 5.11. The Morgan fingerprint density at radius 1 is 1.29 bits per heavy atom. The molecule has 8 nitrogen and oxygen atoms in total. The number of aromatic amines is 1. The predicted molar refractivity (Wildman–Crippen MR) is 78.1 cm³/mol. The molecule has 2 aromatic rings. The number of piperidine rings is 1. The molecule has 21 heavy (non-hydrogen) atoms. The summed E-state index contributed by atoms with van der Waals surface area (Å²) in [5.74, 6) is 0.545. The highest BCUT2D eigenvalue weighted by Gasteiger charge is 2.21. The van der Waals surface area contributed by atoms with Gasteiger partial charge in [-0.1, -0.05) is 6.08 Å². The summed E-state index contributed by atoms with van der Waals surface area (Å²) in [6.07, 6.45) is 6.70. The van der Waals surface area contributed by atoms with Crippen molar-refractivity contribution in [3.63, 3.8) is 0 Å². The number of carbonyl (C=O) groups is 1. The molecular formula is C13H17N7O. The summed E-state index contributed by atoms with van der Waals surface area (Å²) in [4.78, 5) is 28.9. The highest BCUT2D eigenvalue weighted by molar-refractivity contribution is 5.90. The largest absolute Gasteiger partial charge is 0.395 e. The third kappa shape index (κ3) is 2.64. The second-order valence-electron chi connectivity index (χ2n) is 5.11. The summed E-state index contributed by atoms with van der Waals surface area (Å²) in [5.41, 5.74) is 12.4. The fourth-order valence-corrected chi connectivity index (χ4v) is 2.60. The van der Waals surface area contributed by atoms with Crippen LogP contribution in [0.4, 0.5) is 5.82 Å². The van der Waals surface area contributed by atoms with Gasteiger partial charge >= 0.3 is 0 Å². The van der Waals surface area contributed by atoms with Gasteiger partial charge in [0.25, 0.3) is 5.91 Å². The molecule has 0 unspecified atom stereocenters. The van der Waals surface area contributed by atoms with Crippen LogP contribution in [-0.4, -0.2) is 38.9 Å². The Morgan fingerprint density at radius 2 is 2.05 bits per heavy atom. The van der Waals surface area contributed by atoms with Crippen molar-refractivity contribution in [3.05, 3.63) is 24.4 Å². The van der Waals surface area contributed by atoms with Crippen LogP contribution < -0.4 is 16.4 Å². The predicted octanol–water partition coefficient (Wildman–Crippen LogP) is -0.103. The number of fused-ring (bicyclic) bond motifs is 1. The number of rotatable bonds is 3. The Kier molecular flexibility index (Phi) is 3.43. The Morgan fingerprint density at radius 3 is 2.76 bits per heavy atom. The van der Waals surface area contributed by atoms with Crippen molar-refractivity contribution in [3.8, 4) is 0 Å². The van der Waals surface area contributed by atoms with Gasteiger partial charge in [0.1, 0.15) is 11.8 Å². The number of imidazole rings is 1. The van der Waals surface area contributed by atoms with Gasteiger partial charge < -0.3 is 21.4 Å². The second kappa shape index (κ2) is 5.39. The number of anilines is 1. The zero-order valence-electron chi connectivity index (χ0n) is 11.5. The van der Waals surface area contributed by atoms with Gasteiger partial charge in [-0.25, -0.2) is 15.0 Å². The standard InChI is InChI=1S/C13H17N7O/c14-9(11(15)21)5-8-1-3-20(4-2-8)13-10-12(17-6-16-10)18-7-19-13/h5-8H,1-4,14H2,(H2,15,21)(H,16,17,18,19)/b9-5-. The molecule has 2 aromatic heterocycles. The molecule has 1 aliphatic rings. The van der Waals surface area contributed by atoms with Crippen molar-refractivity contribution in [2.24, 2.45) is 17.4 Å². The Balaban J connectivity index is 1.73. The minimum absolute atomic E-state index is 0.144. The first-order valence-electron chi connectivity index (χ1n) is 6.81. The molecule has 5 N–H and O–H groups in total. The number of H-pyrrole nitrogens is 1. The molecule has 3 rings (SSSR count). The first kappa shape index (κ1) is 13.3. The van der Waals surface area contributed by atoms with Crippen LogP contribution >= 0.6 is 0 Å². The number of nitrogens with two attached hydrogens (primary N) is 2. The molecule has 1 saturated heterocycles. The Labute approximate surface area is 121 Å². The number of primary amides is 1. The van der Waals surface area contributed by atoms with Gasteiger partial charge in [-0.05, 0) is 18.8 Å². The van der Waals surface area contributed by atoms with Gasteiger partial charge in [0, 0.05) is 13.1 Å². The van der Waals surface area contributed by atoms with Crippen molar-refractivity contribution in [1.29, 1.82) is 0 Å². The van der Waals surface area contributed by atoms with E-state index >= 15 is 0 Å². The molecule has 0 aliphatic carbocycles. The summed E-state index contributed by atoms with van der Waals surface area (Å²) in [5, 5.41) is 0. The van der Waals surface area contributed by atoms with Crippen molar-refractivity contribution in [2.75, 3.05) is 18.0 Å². The summed E-state index contributed by atoms with van der Waals surface area (Å²) in [6, 6.07) is 0. The van der Waals surface area contributed by atoms with Crippen LogP contribution in [0, 0.1) is 5.92 Å². The van der Waals surface area contributed by atoms with Crippen molar-refractivity contribution < 1.29 is 4.79 Å². The molecule has 0 atom stereocenters. The van der Waals surface area contributed by atoms with E-state index in [0.29, 0.717) is 0 Å². The highest BCUT2D eigenvalue weighted by atomic mass is 16.1. The number of nitrogens with zero attached hydrogens (tertiary/aromatic N) is 4. The highest BCUT2D eigenvalue weighted by Crippen LogP contribution is 2.26. The summed E-state index contributed by atoms with van der Waals surface area (Å²) in [6.45, 7) is 1.65. The number of amides is 1. The first-order chi connectivity index (χ1) is 10.1. The summed E-state index contributed by atoms with van der Waals surface area (Å²) >= 11 is 0. The minimum Gasteiger partial charge on any atom is -0.395 e. The van der Waals surface area contributed by atoms with E-state index in [2.05, 4.69) is 24.8 Å². The molecule has 110 valence electrons. The SMILES string of the molecule is NC(=O)/C(N)=C/C1CCN(c2ncnc3[nH]cnc23)CC1. The van der Waals surface area contributed by atoms with Gasteiger partial charge in [0.2, 0.25) is 0 Å². The first-order valence-corrected chi connectivity index (χ1v) is 6.81. The van der Waals surface area contributed by atoms with E-state index in [0.717, 1.165) is 42.9 Å². The lowest BCUT2D eigenvalue weighted by molar-refractivity contribution is -0.114. The van der Waals surface area contributed by atoms with E-state index in [1.165, 1.54) is 6.33 Å². The molecule has 0 aromatic carbocycles. The van der Waals surface area contributed by atoms with Gasteiger partial charge in [0.05, 0.1) is 12.0 Å². The van der Waals surface area contributed by atoms with E-state index < -0.39 is 5.91 Å². The van der Waals surface area contributed by atoms with Gasteiger partial charge in [-0.3, -0.25) is 4.79 Å². The fraction of sp³-hybridized carbons (Fsp3) is 0.385. The third-order valence-electron chi connectivity index (χ3n) is 3.74. The Bertz CT molecular complexity index is 685. The fourth-order valence-electron chi connectivity index (χ4n) is 2.60. The molecule has 3 heterocycles. The van der Waals surface area contributed by atoms with E-state index in [9.17, 15) is 4.79 Å². The lowest BCUT2D eigenvalue weighted by Gasteiger charge is -2.31. The molecule has 0 bridgehead atoms. The number of carbonyl (C=O) groups excluding carboxylic acids is 1. The zero-order chi connectivity index (χ0) is 14.8. The van der Waals surface area contributed by atoms with Crippen LogP contribution in [0.25, 0.3) is 11.2 Å². The van der Waals surface area contributed by atoms with Crippen LogP contribution in [0.1, 0.15) is 12.8 Å². The molecule has 1 aliphatic heterocycles. The van der Waals surface area contributed by atoms with Gasteiger partial charge in [-0.15, -0.1) is 0 Å². The average molecular weight is 287 g/mol. The number of aromatic nitrogens is 4. The molecule has 0 radical (unpaired) electrons. The number of hydrogen-bond donors (Lipinski definition) is 3. The molecule has 1 amide bonds. The quantitative estimate of drug-likeness (QED) is 0.676. The van der Waals surface area contributed by atoms with E-state index in [4.69, 9.17) is 11.5 Å². The van der Waals surface area contributed by atoms with E-state index in [-0.39, 0.29) is 11.6 Å². The van der Waals surface area contributed by atoms with Gasteiger partial charge in [-0.2, -0.15) is 0 Å². The number of hydrogen-bond acceptors (Lipinski definition) is 6. The summed E-state index contributed by atoms with van der Waals surface area (Å²) < 4.78 is 0. The monoisotopic (exact) mass is 287 g/mol. The van der Waals surface area contributed by atoms with Crippen LogP contribution in [-0.2, 0) is 4.79 Å². The van der Waals surface area contributed by atoms with Crippen molar-refractivity contribution >= 4 is 22.9 Å². The maximum atomic E-state index is 11.0. The van der Waals surface area contributed by atoms with Crippen LogP contribution in [0.15, 0.2) is 24.4 Å². The Hall–Kier alpha value is -2.64. The molecule has 0 spiro atoms. The maximum absolute atomic E-state index is 11.0. The maximum Gasteiger partial charge on any atom is 0.264 e. The molecule has 8 heteroatoms. The van der Waals surface area contributed by atoms with E-state index in [1.807, 2.05) is 0 Å². The topological polar surface area (TPSA) is 127 Å². The smallest absolute Gasteiger partial charge is 0.264 e. The number of nitrogens with one attached hydrogen (secondary N) is 1. The average Bonchev–Trinajstić information content (AvgIpc) is 2.96. The van der Waals surface area contributed by atoms with Gasteiger partial charge in [0.15, 0.2) is 11.5 Å². The lowest BCUT2D eigenvalue weighted by atomic mass is 9.95. The molecule has 1 fully saturated rings. The van der Waals surface area contributed by atoms with Crippen LogP contribution in [0.2, 0.25) is 0 Å². The van der Waals surface area contributed by atoms with Crippen molar-refractivity contribution in [2.45, 2.75) is 12.8 Å².